The summed E-state index contributed by atoms with van der Waals surface area (Å²) in [5, 5.41) is 2.80. The third-order valence-corrected chi connectivity index (χ3v) is 7.08. The van der Waals surface area contributed by atoms with E-state index in [9.17, 15) is 18.0 Å². The van der Waals surface area contributed by atoms with Gasteiger partial charge in [-0.25, -0.2) is 13.2 Å². The molecule has 0 radical (unpaired) electrons. The van der Waals surface area contributed by atoms with E-state index in [4.69, 9.17) is 4.74 Å². The summed E-state index contributed by atoms with van der Waals surface area (Å²) < 4.78 is 32.1. The molecule has 0 unspecified atom stereocenters. The molecule has 0 saturated carbocycles. The Morgan fingerprint density at radius 3 is 2.33 bits per heavy atom. The first-order valence-corrected chi connectivity index (χ1v) is 11.4. The molecule has 0 aromatic heterocycles. The van der Waals surface area contributed by atoms with Gasteiger partial charge in [-0.15, -0.1) is 0 Å². The van der Waals surface area contributed by atoms with Gasteiger partial charge in [0.15, 0.2) is 0 Å². The number of hydrogen-bond donors (Lipinski definition) is 1. The van der Waals surface area contributed by atoms with Crippen LogP contribution < -0.4 is 5.32 Å². The van der Waals surface area contributed by atoms with Crippen molar-refractivity contribution < 1.29 is 22.7 Å². The fraction of sp³-hybridized carbons (Fsp3) is 0.364. The zero-order valence-electron chi connectivity index (χ0n) is 17.1. The van der Waals surface area contributed by atoms with E-state index in [0.717, 1.165) is 5.56 Å². The highest BCUT2D eigenvalue weighted by Crippen LogP contribution is 2.26. The van der Waals surface area contributed by atoms with E-state index in [1.165, 1.54) is 4.31 Å². The van der Waals surface area contributed by atoms with Crippen LogP contribution >= 0.6 is 0 Å². The minimum atomic E-state index is -3.57. The van der Waals surface area contributed by atoms with E-state index in [2.05, 4.69) is 5.32 Å². The highest BCUT2D eigenvalue weighted by atomic mass is 32.2. The summed E-state index contributed by atoms with van der Waals surface area (Å²) in [7, 11) is -3.57. The number of hydrogen-bond acceptors (Lipinski definition) is 5. The average molecular weight is 431 g/mol. The van der Waals surface area contributed by atoms with Crippen molar-refractivity contribution >= 4 is 27.6 Å². The van der Waals surface area contributed by atoms with Crippen LogP contribution in [0.4, 0.5) is 5.69 Å². The first-order chi connectivity index (χ1) is 14.3. The molecule has 1 aliphatic heterocycles. The lowest BCUT2D eigenvalue weighted by atomic mass is 9.97. The number of ether oxygens (including phenoxy) is 1. The van der Waals surface area contributed by atoms with Gasteiger partial charge in [-0.05, 0) is 51.0 Å². The largest absolute Gasteiger partial charge is 0.462 e. The van der Waals surface area contributed by atoms with Gasteiger partial charge in [0.25, 0.3) is 0 Å². The summed E-state index contributed by atoms with van der Waals surface area (Å²) in [6, 6.07) is 13.4. The summed E-state index contributed by atoms with van der Waals surface area (Å²) in [4.78, 5) is 25.1. The van der Waals surface area contributed by atoms with Crippen LogP contribution in [0.5, 0.6) is 0 Å². The van der Waals surface area contributed by atoms with E-state index in [1.54, 1.807) is 55.5 Å². The summed E-state index contributed by atoms with van der Waals surface area (Å²) in [6.45, 7) is 4.41. The molecule has 0 bridgehead atoms. The molecule has 30 heavy (non-hydrogen) atoms. The highest BCUT2D eigenvalue weighted by Gasteiger charge is 2.32. The molecule has 1 N–H and O–H groups in total. The molecule has 8 heteroatoms. The minimum Gasteiger partial charge on any atom is -0.462 e. The van der Waals surface area contributed by atoms with Crippen LogP contribution in [-0.2, 0) is 19.6 Å². The van der Waals surface area contributed by atoms with Gasteiger partial charge in [0, 0.05) is 19.0 Å². The maximum absolute atomic E-state index is 12.8. The molecule has 0 atom stereocenters. The van der Waals surface area contributed by atoms with Crippen molar-refractivity contribution in [1.82, 2.24) is 4.31 Å². The number of carbonyl (C=O) groups excluding carboxylic acids is 2. The molecule has 1 amide bonds. The Bertz CT molecular complexity index is 1010. The molecule has 2 aromatic carbocycles. The molecular formula is C22H26N2O5S. The first-order valence-electron chi connectivity index (χ1n) is 9.96. The molecule has 1 saturated heterocycles. The van der Waals surface area contributed by atoms with Crippen molar-refractivity contribution in [3.05, 3.63) is 59.7 Å². The van der Waals surface area contributed by atoms with Gasteiger partial charge in [-0.2, -0.15) is 4.31 Å². The number of nitrogens with one attached hydrogen (secondary N) is 1. The lowest BCUT2D eigenvalue weighted by Crippen LogP contribution is -2.41. The molecular weight excluding hydrogens is 404 g/mol. The van der Waals surface area contributed by atoms with Crippen LogP contribution in [0.25, 0.3) is 0 Å². The van der Waals surface area contributed by atoms with Crippen LogP contribution in [0.15, 0.2) is 53.4 Å². The smallest absolute Gasteiger partial charge is 0.340 e. The van der Waals surface area contributed by atoms with Crippen LogP contribution in [-0.4, -0.2) is 44.3 Å². The zero-order chi connectivity index (χ0) is 21.7. The third kappa shape index (κ3) is 4.88. The van der Waals surface area contributed by atoms with Crippen molar-refractivity contribution in [3.8, 4) is 0 Å². The predicted octanol–water partition coefficient (Wildman–Crippen LogP) is 3.21. The summed E-state index contributed by atoms with van der Waals surface area (Å²) >= 11 is 0. The number of sulfonamides is 1. The van der Waals surface area contributed by atoms with Gasteiger partial charge in [-0.3, -0.25) is 4.79 Å². The molecule has 0 spiro atoms. The Morgan fingerprint density at radius 2 is 1.70 bits per heavy atom. The Kier molecular flexibility index (Phi) is 6.89. The Labute approximate surface area is 177 Å². The molecule has 1 fully saturated rings. The summed E-state index contributed by atoms with van der Waals surface area (Å²) in [5.74, 6) is -1.05. The summed E-state index contributed by atoms with van der Waals surface area (Å²) in [5.41, 5.74) is 1.69. The number of esters is 1. The molecule has 7 nitrogen and oxygen atoms in total. The second kappa shape index (κ2) is 9.40. The van der Waals surface area contributed by atoms with E-state index in [0.29, 0.717) is 24.1 Å². The van der Waals surface area contributed by atoms with E-state index >= 15 is 0 Å². The van der Waals surface area contributed by atoms with E-state index < -0.39 is 16.0 Å². The number of anilines is 1. The molecule has 0 aliphatic carbocycles. The Balaban J connectivity index is 1.64. The zero-order valence-corrected chi connectivity index (χ0v) is 17.9. The normalized spacial score (nSPS) is 15.5. The van der Waals surface area contributed by atoms with Crippen LogP contribution in [0.1, 0.15) is 35.7 Å². The second-order valence-electron chi connectivity index (χ2n) is 7.25. The number of benzene rings is 2. The van der Waals surface area contributed by atoms with Crippen molar-refractivity contribution in [3.63, 3.8) is 0 Å². The number of para-hydroxylation sites is 1. The Morgan fingerprint density at radius 1 is 1.07 bits per heavy atom. The molecule has 160 valence electrons. The Hall–Kier alpha value is -2.71. The fourth-order valence-electron chi connectivity index (χ4n) is 3.43. The van der Waals surface area contributed by atoms with Crippen LogP contribution in [0.2, 0.25) is 0 Å². The lowest BCUT2D eigenvalue weighted by Gasteiger charge is -2.30. The predicted molar refractivity (Wildman–Crippen MR) is 114 cm³/mol. The average Bonchev–Trinajstić information content (AvgIpc) is 2.74. The molecule has 1 heterocycles. The van der Waals surface area contributed by atoms with E-state index in [-0.39, 0.29) is 36.4 Å². The number of rotatable bonds is 6. The van der Waals surface area contributed by atoms with Crippen LogP contribution in [0.3, 0.4) is 0 Å². The maximum Gasteiger partial charge on any atom is 0.340 e. The highest BCUT2D eigenvalue weighted by molar-refractivity contribution is 7.89. The molecule has 3 rings (SSSR count). The summed E-state index contributed by atoms with van der Waals surface area (Å²) in [6.07, 6.45) is 0.830. The van der Waals surface area contributed by atoms with Gasteiger partial charge in [0.05, 0.1) is 22.8 Å². The number of nitrogens with zero attached hydrogens (tertiary/aromatic N) is 1. The second-order valence-corrected chi connectivity index (χ2v) is 9.18. The van der Waals surface area contributed by atoms with Gasteiger partial charge in [0.2, 0.25) is 15.9 Å². The quantitative estimate of drug-likeness (QED) is 0.711. The van der Waals surface area contributed by atoms with Crippen molar-refractivity contribution in [2.75, 3.05) is 25.0 Å². The minimum absolute atomic E-state index is 0.223. The molecule has 2 aromatic rings. The number of carbonyl (C=O) groups is 2. The van der Waals surface area contributed by atoms with E-state index in [1.807, 2.05) is 6.92 Å². The topological polar surface area (TPSA) is 92.8 Å². The fourth-order valence-corrected chi connectivity index (χ4v) is 4.90. The van der Waals surface area contributed by atoms with Gasteiger partial charge < -0.3 is 10.1 Å². The number of aryl methyl sites for hydroxylation is 1. The molecule has 1 aliphatic rings. The first kappa shape index (κ1) is 22.0. The lowest BCUT2D eigenvalue weighted by molar-refractivity contribution is -0.120. The number of piperidine rings is 1. The van der Waals surface area contributed by atoms with Gasteiger partial charge >= 0.3 is 5.97 Å². The SMILES string of the molecule is CCOC(=O)c1ccccc1NC(=O)C1CCN(S(=O)(=O)c2ccc(C)cc2)CC1. The van der Waals surface area contributed by atoms with Crippen molar-refractivity contribution in [2.24, 2.45) is 5.92 Å². The van der Waals surface area contributed by atoms with Gasteiger partial charge in [-0.1, -0.05) is 29.8 Å². The van der Waals surface area contributed by atoms with Gasteiger partial charge in [0.1, 0.15) is 0 Å². The van der Waals surface area contributed by atoms with Crippen molar-refractivity contribution in [1.29, 1.82) is 0 Å². The van der Waals surface area contributed by atoms with Crippen LogP contribution in [0, 0.1) is 12.8 Å². The number of amides is 1. The monoisotopic (exact) mass is 430 g/mol. The standard InChI is InChI=1S/C22H26N2O5S/c1-3-29-22(26)19-6-4-5-7-20(19)23-21(25)17-12-14-24(15-13-17)30(27,28)18-10-8-16(2)9-11-18/h4-11,17H,3,12-15H2,1-2H3,(H,23,25). The third-order valence-electron chi connectivity index (χ3n) is 5.16. The van der Waals surface area contributed by atoms with Crippen molar-refractivity contribution in [2.45, 2.75) is 31.6 Å². The maximum atomic E-state index is 12.8.